The van der Waals surface area contributed by atoms with Crippen molar-refractivity contribution < 1.29 is 5.11 Å². The van der Waals surface area contributed by atoms with Gasteiger partial charge >= 0.3 is 0 Å². The van der Waals surface area contributed by atoms with Crippen LogP contribution in [0.5, 0.6) is 0 Å². The van der Waals surface area contributed by atoms with Gasteiger partial charge in [0.25, 0.3) is 0 Å². The molecule has 1 saturated carbocycles. The summed E-state index contributed by atoms with van der Waals surface area (Å²) in [7, 11) is 0. The summed E-state index contributed by atoms with van der Waals surface area (Å²) in [4.78, 5) is 0. The lowest BCUT2D eigenvalue weighted by Crippen LogP contribution is -2.29. The predicted molar refractivity (Wildman–Crippen MR) is 60.0 cm³/mol. The summed E-state index contributed by atoms with van der Waals surface area (Å²) in [5.41, 5.74) is 6.07. The molecule has 3 atom stereocenters. The molecule has 1 fully saturated rings. The van der Waals surface area contributed by atoms with Crippen molar-refractivity contribution in [3.8, 4) is 0 Å². The largest absolute Gasteiger partial charge is 0.393 e. The van der Waals surface area contributed by atoms with Crippen molar-refractivity contribution in [3.63, 3.8) is 0 Å². The second kappa shape index (κ2) is 5.72. The highest BCUT2D eigenvalue weighted by molar-refractivity contribution is 4.76. The van der Waals surface area contributed by atoms with E-state index < -0.39 is 0 Å². The Morgan fingerprint density at radius 2 is 2.07 bits per heavy atom. The van der Waals surface area contributed by atoms with Gasteiger partial charge in [-0.15, -0.1) is 0 Å². The summed E-state index contributed by atoms with van der Waals surface area (Å²) in [6.45, 7) is 4.44. The normalized spacial score (nSPS) is 30.6. The Morgan fingerprint density at radius 3 is 2.64 bits per heavy atom. The molecule has 84 valence electrons. The second-order valence-corrected chi connectivity index (χ2v) is 5.31. The number of nitrogens with two attached hydrogens (primary N) is 1. The molecule has 1 aliphatic rings. The molecule has 1 rings (SSSR count). The maximum atomic E-state index is 9.53. The number of rotatable bonds is 4. The zero-order valence-corrected chi connectivity index (χ0v) is 9.58. The van der Waals surface area contributed by atoms with Crippen molar-refractivity contribution in [1.82, 2.24) is 0 Å². The van der Waals surface area contributed by atoms with Crippen molar-refractivity contribution in [2.45, 2.75) is 64.5 Å². The first-order chi connectivity index (χ1) is 6.58. The summed E-state index contributed by atoms with van der Waals surface area (Å²) in [5, 5.41) is 9.53. The van der Waals surface area contributed by atoms with Gasteiger partial charge in [-0.1, -0.05) is 26.7 Å². The molecular formula is C12H25NO. The van der Waals surface area contributed by atoms with Crippen molar-refractivity contribution in [2.75, 3.05) is 0 Å². The topological polar surface area (TPSA) is 46.2 Å². The van der Waals surface area contributed by atoms with E-state index in [0.717, 1.165) is 25.7 Å². The van der Waals surface area contributed by atoms with Crippen molar-refractivity contribution >= 4 is 0 Å². The number of aliphatic hydroxyl groups is 1. The Morgan fingerprint density at radius 1 is 1.36 bits per heavy atom. The summed E-state index contributed by atoms with van der Waals surface area (Å²) >= 11 is 0. The molecule has 0 aromatic carbocycles. The van der Waals surface area contributed by atoms with Gasteiger partial charge in [-0.2, -0.15) is 0 Å². The van der Waals surface area contributed by atoms with E-state index in [9.17, 15) is 5.11 Å². The zero-order chi connectivity index (χ0) is 10.6. The minimum absolute atomic E-state index is 0.0556. The van der Waals surface area contributed by atoms with Crippen LogP contribution in [0.3, 0.4) is 0 Å². The molecule has 0 radical (unpaired) electrons. The maximum absolute atomic E-state index is 9.53. The van der Waals surface area contributed by atoms with Crippen LogP contribution >= 0.6 is 0 Å². The third kappa shape index (κ3) is 4.43. The fourth-order valence-electron chi connectivity index (χ4n) is 2.61. The maximum Gasteiger partial charge on any atom is 0.0542 e. The summed E-state index contributed by atoms with van der Waals surface area (Å²) in [6, 6.07) is 0.338. The molecule has 3 unspecified atom stereocenters. The molecule has 0 aliphatic heterocycles. The SMILES string of the molecule is CC(C)CC(N)CC1CCCC(O)C1. The molecule has 0 aromatic rings. The average Bonchev–Trinajstić information content (AvgIpc) is 2.01. The lowest BCUT2D eigenvalue weighted by Gasteiger charge is -2.28. The van der Waals surface area contributed by atoms with E-state index in [0.29, 0.717) is 17.9 Å². The van der Waals surface area contributed by atoms with Crippen LogP contribution in [0, 0.1) is 11.8 Å². The fraction of sp³-hybridized carbons (Fsp3) is 1.00. The lowest BCUT2D eigenvalue weighted by molar-refractivity contribution is 0.0952. The molecule has 0 amide bonds. The van der Waals surface area contributed by atoms with Gasteiger partial charge in [0.15, 0.2) is 0 Å². The third-order valence-electron chi connectivity index (χ3n) is 3.17. The predicted octanol–water partition coefficient (Wildman–Crippen LogP) is 2.30. The van der Waals surface area contributed by atoms with E-state index in [-0.39, 0.29) is 6.10 Å². The van der Waals surface area contributed by atoms with Crippen LogP contribution in [0.4, 0.5) is 0 Å². The van der Waals surface area contributed by atoms with Crippen LogP contribution < -0.4 is 5.73 Å². The molecule has 0 spiro atoms. The quantitative estimate of drug-likeness (QED) is 0.730. The van der Waals surface area contributed by atoms with Gasteiger partial charge in [-0.05, 0) is 37.5 Å². The van der Waals surface area contributed by atoms with E-state index >= 15 is 0 Å². The third-order valence-corrected chi connectivity index (χ3v) is 3.17. The molecule has 0 bridgehead atoms. The summed E-state index contributed by atoms with van der Waals surface area (Å²) in [6.07, 6.45) is 6.59. The first-order valence-electron chi connectivity index (χ1n) is 6.01. The van der Waals surface area contributed by atoms with Crippen LogP contribution in [0.1, 0.15) is 52.4 Å². The van der Waals surface area contributed by atoms with E-state index in [2.05, 4.69) is 13.8 Å². The Hall–Kier alpha value is -0.0800. The van der Waals surface area contributed by atoms with Crippen LogP contribution in [0.25, 0.3) is 0 Å². The van der Waals surface area contributed by atoms with Crippen LogP contribution in [0.15, 0.2) is 0 Å². The number of aliphatic hydroxyl groups excluding tert-OH is 1. The second-order valence-electron chi connectivity index (χ2n) is 5.31. The number of hydrogen-bond acceptors (Lipinski definition) is 2. The molecule has 1 aliphatic carbocycles. The Bertz CT molecular complexity index is 158. The first-order valence-corrected chi connectivity index (χ1v) is 6.01. The van der Waals surface area contributed by atoms with Gasteiger partial charge in [0.05, 0.1) is 6.10 Å². The molecular weight excluding hydrogens is 174 g/mol. The van der Waals surface area contributed by atoms with Crippen molar-refractivity contribution in [1.29, 1.82) is 0 Å². The standard InChI is InChI=1S/C12H25NO/c1-9(2)6-11(13)7-10-4-3-5-12(14)8-10/h9-12,14H,3-8,13H2,1-2H3. The molecule has 2 nitrogen and oxygen atoms in total. The minimum Gasteiger partial charge on any atom is -0.393 e. The average molecular weight is 199 g/mol. The summed E-state index contributed by atoms with van der Waals surface area (Å²) in [5.74, 6) is 1.37. The van der Waals surface area contributed by atoms with Gasteiger partial charge in [-0.3, -0.25) is 0 Å². The van der Waals surface area contributed by atoms with Crippen LogP contribution in [0.2, 0.25) is 0 Å². The highest BCUT2D eigenvalue weighted by Crippen LogP contribution is 2.28. The van der Waals surface area contributed by atoms with E-state index in [1.165, 1.54) is 12.8 Å². The Balaban J connectivity index is 2.21. The van der Waals surface area contributed by atoms with E-state index in [1.54, 1.807) is 0 Å². The number of hydrogen-bond donors (Lipinski definition) is 2. The fourth-order valence-corrected chi connectivity index (χ4v) is 2.61. The zero-order valence-electron chi connectivity index (χ0n) is 9.58. The molecule has 0 heterocycles. The van der Waals surface area contributed by atoms with Gasteiger partial charge in [-0.25, -0.2) is 0 Å². The molecule has 2 heteroatoms. The monoisotopic (exact) mass is 199 g/mol. The van der Waals surface area contributed by atoms with Gasteiger partial charge in [0.2, 0.25) is 0 Å². The Kier molecular flexibility index (Phi) is 4.90. The molecule has 14 heavy (non-hydrogen) atoms. The Labute approximate surface area is 87.9 Å². The lowest BCUT2D eigenvalue weighted by atomic mass is 9.82. The van der Waals surface area contributed by atoms with Crippen LogP contribution in [-0.2, 0) is 0 Å². The highest BCUT2D eigenvalue weighted by atomic mass is 16.3. The van der Waals surface area contributed by atoms with Crippen molar-refractivity contribution in [3.05, 3.63) is 0 Å². The first kappa shape index (κ1) is 12.0. The van der Waals surface area contributed by atoms with Crippen LogP contribution in [-0.4, -0.2) is 17.3 Å². The minimum atomic E-state index is -0.0556. The molecule has 0 saturated heterocycles. The van der Waals surface area contributed by atoms with Gasteiger partial charge < -0.3 is 10.8 Å². The van der Waals surface area contributed by atoms with E-state index in [4.69, 9.17) is 5.73 Å². The summed E-state index contributed by atoms with van der Waals surface area (Å²) < 4.78 is 0. The van der Waals surface area contributed by atoms with Gasteiger partial charge in [0.1, 0.15) is 0 Å². The molecule has 0 aromatic heterocycles. The van der Waals surface area contributed by atoms with E-state index in [1.807, 2.05) is 0 Å². The van der Waals surface area contributed by atoms with Crippen molar-refractivity contribution in [2.24, 2.45) is 17.6 Å². The van der Waals surface area contributed by atoms with Gasteiger partial charge in [0, 0.05) is 6.04 Å². The molecule has 3 N–H and O–H groups in total. The highest BCUT2D eigenvalue weighted by Gasteiger charge is 2.22. The smallest absolute Gasteiger partial charge is 0.0542 e.